The van der Waals surface area contributed by atoms with Crippen molar-refractivity contribution in [2.45, 2.75) is 18.9 Å². The Hall–Kier alpha value is -1.62. The van der Waals surface area contributed by atoms with Gasteiger partial charge in [-0.25, -0.2) is 0 Å². The first-order valence-corrected chi connectivity index (χ1v) is 4.65. The molecule has 2 N–H and O–H groups in total. The van der Waals surface area contributed by atoms with Crippen LogP contribution in [-0.2, 0) is 6.42 Å². The summed E-state index contributed by atoms with van der Waals surface area (Å²) in [7, 11) is 0. The molecule has 5 nitrogen and oxygen atoms in total. The molecular formula is C10H13NO4. The van der Waals surface area contributed by atoms with Crippen LogP contribution in [0.3, 0.4) is 0 Å². The summed E-state index contributed by atoms with van der Waals surface area (Å²) in [5.74, 6) is 0.138. The Kier molecular flexibility index (Phi) is 4.05. The predicted octanol–water partition coefficient (Wildman–Crippen LogP) is 0.962. The summed E-state index contributed by atoms with van der Waals surface area (Å²) in [6.07, 6.45) is 0.418. The van der Waals surface area contributed by atoms with Crippen molar-refractivity contribution in [1.82, 2.24) is 0 Å². The average molecular weight is 211 g/mol. The molecule has 1 aromatic rings. The van der Waals surface area contributed by atoms with E-state index in [4.69, 9.17) is 10.2 Å². The number of phenols is 1. The number of aromatic hydroxyl groups is 1. The highest BCUT2D eigenvalue weighted by Crippen LogP contribution is 2.13. The lowest BCUT2D eigenvalue weighted by Gasteiger charge is -2.07. The van der Waals surface area contributed by atoms with Crippen LogP contribution in [-0.4, -0.2) is 27.8 Å². The van der Waals surface area contributed by atoms with Crippen LogP contribution in [0.2, 0.25) is 0 Å². The van der Waals surface area contributed by atoms with Gasteiger partial charge in [0.15, 0.2) is 0 Å². The standard InChI is InChI=1S/C10H13NO4/c12-6-5-9(11(14)15)7-8-1-3-10(13)4-2-8/h1-4,9,12-13H,5-7H2. The normalized spacial score (nSPS) is 12.3. The van der Waals surface area contributed by atoms with Crippen LogP contribution in [0.25, 0.3) is 0 Å². The highest BCUT2D eigenvalue weighted by atomic mass is 16.6. The molecule has 5 heteroatoms. The summed E-state index contributed by atoms with van der Waals surface area (Å²) in [6, 6.07) is 5.50. The van der Waals surface area contributed by atoms with E-state index in [0.29, 0.717) is 0 Å². The molecule has 0 aromatic heterocycles. The first kappa shape index (κ1) is 11.5. The lowest BCUT2D eigenvalue weighted by molar-refractivity contribution is -0.523. The van der Waals surface area contributed by atoms with Gasteiger partial charge in [0, 0.05) is 24.4 Å². The Morgan fingerprint density at radius 2 is 1.93 bits per heavy atom. The third kappa shape index (κ3) is 3.55. The number of aliphatic hydroxyl groups is 1. The van der Waals surface area contributed by atoms with E-state index in [2.05, 4.69) is 0 Å². The Balaban J connectivity index is 2.65. The van der Waals surface area contributed by atoms with Gasteiger partial charge in [0.05, 0.1) is 0 Å². The molecule has 1 rings (SSSR count). The van der Waals surface area contributed by atoms with Gasteiger partial charge in [-0.2, -0.15) is 0 Å². The third-order valence-electron chi connectivity index (χ3n) is 2.17. The molecule has 1 unspecified atom stereocenters. The number of hydrogen-bond acceptors (Lipinski definition) is 4. The van der Waals surface area contributed by atoms with Gasteiger partial charge >= 0.3 is 0 Å². The van der Waals surface area contributed by atoms with E-state index in [0.717, 1.165) is 5.56 Å². The van der Waals surface area contributed by atoms with E-state index in [9.17, 15) is 10.1 Å². The molecule has 0 aliphatic rings. The van der Waals surface area contributed by atoms with Crippen molar-refractivity contribution in [1.29, 1.82) is 0 Å². The molecule has 1 aromatic carbocycles. The first-order chi connectivity index (χ1) is 7.13. The number of benzene rings is 1. The Morgan fingerprint density at radius 1 is 1.33 bits per heavy atom. The second kappa shape index (κ2) is 5.31. The lowest BCUT2D eigenvalue weighted by atomic mass is 10.0. The minimum atomic E-state index is -0.764. The molecule has 82 valence electrons. The van der Waals surface area contributed by atoms with Crippen molar-refractivity contribution in [3.8, 4) is 5.75 Å². The van der Waals surface area contributed by atoms with Crippen LogP contribution in [0.15, 0.2) is 24.3 Å². The zero-order valence-electron chi connectivity index (χ0n) is 8.17. The maximum absolute atomic E-state index is 10.6. The fourth-order valence-corrected chi connectivity index (χ4v) is 1.34. The average Bonchev–Trinajstić information content (AvgIpc) is 2.20. The van der Waals surface area contributed by atoms with Gasteiger partial charge in [0.25, 0.3) is 0 Å². The van der Waals surface area contributed by atoms with Gasteiger partial charge in [-0.15, -0.1) is 0 Å². The molecule has 0 amide bonds. The molecule has 0 bridgehead atoms. The summed E-state index contributed by atoms with van der Waals surface area (Å²) >= 11 is 0. The molecule has 1 atom stereocenters. The van der Waals surface area contributed by atoms with E-state index in [1.807, 2.05) is 0 Å². The van der Waals surface area contributed by atoms with Crippen LogP contribution in [0, 0.1) is 10.1 Å². The fourth-order valence-electron chi connectivity index (χ4n) is 1.34. The summed E-state index contributed by atoms with van der Waals surface area (Å²) in [5, 5.41) is 28.3. The Bertz CT molecular complexity index is 323. The number of hydrogen-bond donors (Lipinski definition) is 2. The molecule has 0 heterocycles. The maximum Gasteiger partial charge on any atom is 0.219 e. The highest BCUT2D eigenvalue weighted by molar-refractivity contribution is 5.26. The molecule has 0 saturated carbocycles. The van der Waals surface area contributed by atoms with Gasteiger partial charge in [0.2, 0.25) is 6.04 Å². The second-order valence-electron chi connectivity index (χ2n) is 3.32. The summed E-state index contributed by atoms with van der Waals surface area (Å²) in [6.45, 7) is -0.191. The maximum atomic E-state index is 10.6. The van der Waals surface area contributed by atoms with Crippen LogP contribution in [0.5, 0.6) is 5.75 Å². The summed E-state index contributed by atoms with van der Waals surface area (Å²) in [5.41, 5.74) is 0.781. The molecule has 0 fully saturated rings. The van der Waals surface area contributed by atoms with Crippen LogP contribution < -0.4 is 0 Å². The Labute approximate surface area is 87.1 Å². The van der Waals surface area contributed by atoms with Crippen molar-refractivity contribution in [3.05, 3.63) is 39.9 Å². The second-order valence-corrected chi connectivity index (χ2v) is 3.32. The minimum absolute atomic E-state index is 0.138. The van der Waals surface area contributed by atoms with Crippen molar-refractivity contribution >= 4 is 0 Å². The smallest absolute Gasteiger partial charge is 0.219 e. The van der Waals surface area contributed by atoms with Crippen LogP contribution in [0.1, 0.15) is 12.0 Å². The van der Waals surface area contributed by atoms with Crippen LogP contribution >= 0.6 is 0 Å². The van der Waals surface area contributed by atoms with Crippen molar-refractivity contribution < 1.29 is 15.1 Å². The zero-order chi connectivity index (χ0) is 11.3. The quantitative estimate of drug-likeness (QED) is 0.561. The fraction of sp³-hybridized carbons (Fsp3) is 0.400. The number of nitrogens with zero attached hydrogens (tertiary/aromatic N) is 1. The zero-order valence-corrected chi connectivity index (χ0v) is 8.17. The monoisotopic (exact) mass is 211 g/mol. The van der Waals surface area contributed by atoms with E-state index in [-0.39, 0.29) is 30.1 Å². The highest BCUT2D eigenvalue weighted by Gasteiger charge is 2.19. The van der Waals surface area contributed by atoms with Gasteiger partial charge in [-0.1, -0.05) is 12.1 Å². The van der Waals surface area contributed by atoms with Crippen LogP contribution in [0.4, 0.5) is 0 Å². The third-order valence-corrected chi connectivity index (χ3v) is 2.17. The Morgan fingerprint density at radius 3 is 2.40 bits per heavy atom. The largest absolute Gasteiger partial charge is 0.508 e. The van der Waals surface area contributed by atoms with E-state index in [1.165, 1.54) is 12.1 Å². The molecule has 0 aliphatic heterocycles. The number of aliphatic hydroxyl groups excluding tert-OH is 1. The van der Waals surface area contributed by atoms with Crippen molar-refractivity contribution in [2.75, 3.05) is 6.61 Å². The first-order valence-electron chi connectivity index (χ1n) is 4.65. The van der Waals surface area contributed by atoms with Crippen molar-refractivity contribution in [2.24, 2.45) is 0 Å². The molecule has 0 saturated heterocycles. The number of phenolic OH excluding ortho intramolecular Hbond substituents is 1. The van der Waals surface area contributed by atoms with Gasteiger partial charge in [0.1, 0.15) is 5.75 Å². The minimum Gasteiger partial charge on any atom is -0.508 e. The summed E-state index contributed by atoms with van der Waals surface area (Å²) in [4.78, 5) is 10.2. The molecular weight excluding hydrogens is 198 g/mol. The van der Waals surface area contributed by atoms with E-state index in [1.54, 1.807) is 12.1 Å². The van der Waals surface area contributed by atoms with E-state index >= 15 is 0 Å². The van der Waals surface area contributed by atoms with Crippen molar-refractivity contribution in [3.63, 3.8) is 0 Å². The summed E-state index contributed by atoms with van der Waals surface area (Å²) < 4.78 is 0. The predicted molar refractivity (Wildman–Crippen MR) is 54.3 cm³/mol. The number of nitro groups is 1. The molecule has 0 aliphatic carbocycles. The molecule has 0 radical (unpaired) electrons. The number of rotatable bonds is 5. The lowest BCUT2D eigenvalue weighted by Crippen LogP contribution is -2.23. The SMILES string of the molecule is O=[N+]([O-])C(CCO)Cc1ccc(O)cc1. The van der Waals surface area contributed by atoms with E-state index < -0.39 is 6.04 Å². The topological polar surface area (TPSA) is 83.6 Å². The van der Waals surface area contributed by atoms with Gasteiger partial charge in [-0.3, -0.25) is 10.1 Å². The molecule has 15 heavy (non-hydrogen) atoms. The van der Waals surface area contributed by atoms with Gasteiger partial charge < -0.3 is 10.2 Å². The van der Waals surface area contributed by atoms with Gasteiger partial charge in [-0.05, 0) is 17.7 Å². The molecule has 0 spiro atoms.